The predicted molar refractivity (Wildman–Crippen MR) is 136 cm³/mol. The SMILES string of the molecule is CCCCOC1=C[C@@]2(C)C(=CC1=O)C=C[C@H]1[C@@H]3C[C@@H]4O[C@]5(CC[C@@H](C)CO5)[C@@H](C)[C@@H]4[C@@]3(C)CC[C@@H]12. The zero-order valence-corrected chi connectivity index (χ0v) is 22.3. The number of carbonyl (C=O) groups is 1. The van der Waals surface area contributed by atoms with Gasteiger partial charge in [-0.3, -0.25) is 4.79 Å². The highest BCUT2D eigenvalue weighted by Crippen LogP contribution is 2.69. The first-order valence-electron chi connectivity index (χ1n) is 14.3. The average molecular weight is 481 g/mol. The summed E-state index contributed by atoms with van der Waals surface area (Å²) >= 11 is 0. The predicted octanol–water partition coefficient (Wildman–Crippen LogP) is 6.62. The van der Waals surface area contributed by atoms with Crippen LogP contribution in [0.5, 0.6) is 0 Å². The molecule has 0 radical (unpaired) electrons. The molecule has 0 aromatic heterocycles. The third kappa shape index (κ3) is 3.41. The molecular formula is C31H44O4. The van der Waals surface area contributed by atoms with Crippen molar-refractivity contribution >= 4 is 5.78 Å². The van der Waals surface area contributed by atoms with Crippen molar-refractivity contribution in [1.82, 2.24) is 0 Å². The molecule has 2 heterocycles. The molecule has 0 amide bonds. The van der Waals surface area contributed by atoms with Gasteiger partial charge in [-0.2, -0.15) is 0 Å². The first-order chi connectivity index (χ1) is 16.7. The third-order valence-electron chi connectivity index (χ3n) is 11.2. The summed E-state index contributed by atoms with van der Waals surface area (Å²) in [7, 11) is 0. The monoisotopic (exact) mass is 480 g/mol. The van der Waals surface area contributed by atoms with Crippen LogP contribution < -0.4 is 0 Å². The van der Waals surface area contributed by atoms with E-state index >= 15 is 0 Å². The molecule has 0 aromatic rings. The Morgan fingerprint density at radius 1 is 1.14 bits per heavy atom. The van der Waals surface area contributed by atoms with Crippen LogP contribution in [0, 0.1) is 46.3 Å². The Labute approximate surface area is 211 Å². The number of hydrogen-bond donors (Lipinski definition) is 0. The van der Waals surface area contributed by atoms with Crippen LogP contribution in [0.25, 0.3) is 0 Å². The Kier molecular flexibility index (Phi) is 5.69. The lowest BCUT2D eigenvalue weighted by molar-refractivity contribution is -0.272. The van der Waals surface area contributed by atoms with Crippen LogP contribution in [0.4, 0.5) is 0 Å². The van der Waals surface area contributed by atoms with E-state index in [2.05, 4.69) is 52.8 Å². The lowest BCUT2D eigenvalue weighted by Crippen LogP contribution is -2.51. The van der Waals surface area contributed by atoms with E-state index in [4.69, 9.17) is 14.2 Å². The van der Waals surface area contributed by atoms with E-state index in [9.17, 15) is 4.79 Å². The number of ether oxygens (including phenoxy) is 3. The van der Waals surface area contributed by atoms with Crippen LogP contribution >= 0.6 is 0 Å². The van der Waals surface area contributed by atoms with Gasteiger partial charge in [0.2, 0.25) is 5.78 Å². The molecule has 2 saturated carbocycles. The topological polar surface area (TPSA) is 44.8 Å². The number of ketones is 1. The molecule has 192 valence electrons. The van der Waals surface area contributed by atoms with Crippen LogP contribution in [0.15, 0.2) is 35.6 Å². The normalized spacial score (nSPS) is 50.2. The van der Waals surface area contributed by atoms with Crippen LogP contribution in [0.2, 0.25) is 0 Å². The first-order valence-corrected chi connectivity index (χ1v) is 14.3. The molecule has 0 bridgehead atoms. The highest BCUT2D eigenvalue weighted by molar-refractivity contribution is 6.04. The third-order valence-corrected chi connectivity index (χ3v) is 11.2. The van der Waals surface area contributed by atoms with Gasteiger partial charge < -0.3 is 14.2 Å². The van der Waals surface area contributed by atoms with Gasteiger partial charge in [-0.1, -0.05) is 53.2 Å². The van der Waals surface area contributed by atoms with Gasteiger partial charge in [0, 0.05) is 17.8 Å². The summed E-state index contributed by atoms with van der Waals surface area (Å²) in [5, 5.41) is 0. The van der Waals surface area contributed by atoms with E-state index in [1.165, 1.54) is 24.8 Å². The molecule has 0 unspecified atom stereocenters. The van der Waals surface area contributed by atoms with Gasteiger partial charge in [-0.25, -0.2) is 0 Å². The quantitative estimate of drug-likeness (QED) is 0.424. The molecule has 6 rings (SSSR count). The van der Waals surface area contributed by atoms with Crippen molar-refractivity contribution in [3.63, 3.8) is 0 Å². The summed E-state index contributed by atoms with van der Waals surface area (Å²) in [5.41, 5.74) is 1.31. The van der Waals surface area contributed by atoms with Crippen molar-refractivity contribution in [2.75, 3.05) is 13.2 Å². The molecule has 1 spiro atoms. The van der Waals surface area contributed by atoms with E-state index in [1.807, 2.05) is 6.08 Å². The minimum absolute atomic E-state index is 0.0297. The van der Waals surface area contributed by atoms with Crippen molar-refractivity contribution in [3.05, 3.63) is 35.6 Å². The number of unbranched alkanes of at least 4 members (excludes halogenated alkanes) is 1. The van der Waals surface area contributed by atoms with Gasteiger partial charge in [-0.05, 0) is 84.8 Å². The van der Waals surface area contributed by atoms with E-state index in [-0.39, 0.29) is 22.4 Å². The molecular weight excluding hydrogens is 436 g/mol. The zero-order chi connectivity index (χ0) is 24.6. The van der Waals surface area contributed by atoms with Gasteiger partial charge in [-0.15, -0.1) is 0 Å². The fourth-order valence-corrected chi connectivity index (χ4v) is 9.18. The van der Waals surface area contributed by atoms with E-state index in [1.54, 1.807) is 0 Å². The fourth-order valence-electron chi connectivity index (χ4n) is 9.18. The summed E-state index contributed by atoms with van der Waals surface area (Å²) in [6.45, 7) is 13.2. The highest BCUT2D eigenvalue weighted by atomic mass is 16.7. The van der Waals surface area contributed by atoms with Crippen LogP contribution in [-0.4, -0.2) is 30.9 Å². The van der Waals surface area contributed by atoms with E-state index in [0.29, 0.717) is 54.0 Å². The van der Waals surface area contributed by atoms with E-state index < -0.39 is 0 Å². The second-order valence-electron chi connectivity index (χ2n) is 13.1. The average Bonchev–Trinajstić information content (AvgIpc) is 3.27. The smallest absolute Gasteiger partial charge is 0.220 e. The molecule has 6 aliphatic rings. The minimum atomic E-state index is -0.353. The molecule has 0 N–H and O–H groups in total. The minimum Gasteiger partial charge on any atom is -0.490 e. The van der Waals surface area contributed by atoms with Gasteiger partial charge in [0.25, 0.3) is 0 Å². The summed E-state index contributed by atoms with van der Waals surface area (Å²) in [6.07, 6.45) is 16.9. The lowest BCUT2D eigenvalue weighted by atomic mass is 9.49. The van der Waals surface area contributed by atoms with Crippen molar-refractivity contribution in [1.29, 1.82) is 0 Å². The molecule has 0 aromatic carbocycles. The number of rotatable bonds is 4. The number of hydrogen-bond acceptors (Lipinski definition) is 4. The number of carbonyl (C=O) groups excluding carboxylic acids is 1. The van der Waals surface area contributed by atoms with Gasteiger partial charge in [0.05, 0.1) is 19.3 Å². The van der Waals surface area contributed by atoms with Crippen molar-refractivity contribution in [2.45, 2.75) is 91.5 Å². The molecule has 35 heavy (non-hydrogen) atoms. The summed E-state index contributed by atoms with van der Waals surface area (Å²) in [5.74, 6) is 3.52. The Hall–Kier alpha value is -1.39. The maximum absolute atomic E-state index is 12.8. The van der Waals surface area contributed by atoms with Gasteiger partial charge in [0.15, 0.2) is 11.5 Å². The molecule has 4 aliphatic carbocycles. The Morgan fingerprint density at radius 3 is 2.71 bits per heavy atom. The van der Waals surface area contributed by atoms with Crippen LogP contribution in [0.3, 0.4) is 0 Å². The molecule has 4 heteroatoms. The lowest BCUT2D eigenvalue weighted by Gasteiger charge is -2.55. The van der Waals surface area contributed by atoms with Gasteiger partial charge >= 0.3 is 0 Å². The van der Waals surface area contributed by atoms with Crippen LogP contribution in [-0.2, 0) is 19.0 Å². The summed E-state index contributed by atoms with van der Waals surface area (Å²) < 4.78 is 19.4. The maximum atomic E-state index is 12.8. The molecule has 4 fully saturated rings. The Balaban J connectivity index is 1.27. The highest BCUT2D eigenvalue weighted by Gasteiger charge is 2.68. The zero-order valence-electron chi connectivity index (χ0n) is 22.3. The van der Waals surface area contributed by atoms with Crippen molar-refractivity contribution < 1.29 is 19.0 Å². The van der Waals surface area contributed by atoms with Crippen LogP contribution in [0.1, 0.15) is 79.6 Å². The molecule has 4 nitrogen and oxygen atoms in total. The Bertz CT molecular complexity index is 968. The second-order valence-corrected chi connectivity index (χ2v) is 13.1. The van der Waals surface area contributed by atoms with Gasteiger partial charge in [0.1, 0.15) is 0 Å². The van der Waals surface area contributed by atoms with Crippen molar-refractivity contribution in [3.8, 4) is 0 Å². The molecule has 10 atom stereocenters. The van der Waals surface area contributed by atoms with Crippen molar-refractivity contribution in [2.24, 2.45) is 46.3 Å². The largest absolute Gasteiger partial charge is 0.490 e. The summed E-state index contributed by atoms with van der Waals surface area (Å²) in [6, 6.07) is 0. The number of fused-ring (bicyclic) bond motifs is 7. The summed E-state index contributed by atoms with van der Waals surface area (Å²) in [4.78, 5) is 12.8. The fraction of sp³-hybridized carbons (Fsp3) is 0.774. The molecule has 2 saturated heterocycles. The van der Waals surface area contributed by atoms with E-state index in [0.717, 1.165) is 32.3 Å². The second kappa shape index (κ2) is 8.31. The standard InChI is InChI=1S/C31H44O4/c1-6-7-14-33-27-17-30(5)21(15-25(27)32)8-9-22-23(30)11-12-29(4)24(22)16-26-28(29)20(3)31(35-26)13-10-19(2)18-34-31/h8-9,15,17,19-20,22-24,26,28H,6-7,10-14,16,18H2,1-5H3/t19-,20+,22-,23+,24+,26+,28+,29+,30+,31-/m1/s1. The Morgan fingerprint density at radius 2 is 1.97 bits per heavy atom. The molecule has 2 aliphatic heterocycles. The maximum Gasteiger partial charge on any atom is 0.220 e. The number of allylic oxidation sites excluding steroid dienone is 5. The first kappa shape index (κ1) is 24.0.